The van der Waals surface area contributed by atoms with Crippen molar-refractivity contribution in [3.63, 3.8) is 0 Å². The summed E-state index contributed by atoms with van der Waals surface area (Å²) in [5.74, 6) is -0.749. The Morgan fingerprint density at radius 1 is 0.543 bits per heavy atom. The first-order valence-corrected chi connectivity index (χ1v) is 14.7. The highest BCUT2D eigenvalue weighted by Gasteiger charge is 2.18. The van der Waals surface area contributed by atoms with Gasteiger partial charge in [0.25, 0.3) is 0 Å². The van der Waals surface area contributed by atoms with Crippen molar-refractivity contribution in [2.75, 3.05) is 10.6 Å². The van der Waals surface area contributed by atoms with E-state index in [1.807, 2.05) is 97.1 Å². The normalized spacial score (nSPS) is 12.0. The first kappa shape index (κ1) is 33.0. The number of alkyl carbamates (subject to hydrolysis) is 2. The molecule has 236 valence electrons. The van der Waals surface area contributed by atoms with Crippen LogP contribution in [0.2, 0.25) is 0 Å². The first-order chi connectivity index (χ1) is 22.2. The van der Waals surface area contributed by atoms with Gasteiger partial charge in [0.1, 0.15) is 25.3 Å². The van der Waals surface area contributed by atoms with Gasteiger partial charge in [-0.05, 0) is 60.4 Å². The highest BCUT2D eigenvalue weighted by Crippen LogP contribution is 2.15. The molecule has 4 aromatic carbocycles. The minimum absolute atomic E-state index is 0.114. The minimum Gasteiger partial charge on any atom is -0.445 e. The second kappa shape index (κ2) is 16.8. The zero-order chi connectivity index (χ0) is 32.7. The van der Waals surface area contributed by atoms with Gasteiger partial charge in [-0.3, -0.25) is 9.59 Å². The number of ether oxygens (including phenoxy) is 2. The fourth-order valence-electron chi connectivity index (χ4n) is 4.06. The fourth-order valence-corrected chi connectivity index (χ4v) is 4.06. The smallest absolute Gasteiger partial charge is 0.408 e. The van der Waals surface area contributed by atoms with Gasteiger partial charge in [0.15, 0.2) is 0 Å². The van der Waals surface area contributed by atoms with Crippen LogP contribution in [0.4, 0.5) is 21.0 Å². The van der Waals surface area contributed by atoms with Crippen LogP contribution in [0, 0.1) is 0 Å². The molecule has 4 aromatic rings. The van der Waals surface area contributed by atoms with Crippen LogP contribution in [0.5, 0.6) is 0 Å². The Morgan fingerprint density at radius 3 is 1.24 bits per heavy atom. The molecule has 0 saturated carbocycles. The maximum absolute atomic E-state index is 12.5. The van der Waals surface area contributed by atoms with E-state index in [4.69, 9.17) is 9.47 Å². The van der Waals surface area contributed by atoms with Gasteiger partial charge in [-0.25, -0.2) is 9.59 Å². The van der Waals surface area contributed by atoms with E-state index in [1.165, 1.54) is 0 Å². The van der Waals surface area contributed by atoms with Crippen LogP contribution in [-0.2, 0) is 32.3 Å². The molecule has 10 heteroatoms. The molecule has 10 nitrogen and oxygen atoms in total. The Hall–Kier alpha value is -5.90. The maximum atomic E-state index is 12.5. The highest BCUT2D eigenvalue weighted by atomic mass is 16.6. The largest absolute Gasteiger partial charge is 0.445 e. The number of hydrogen-bond acceptors (Lipinski definition) is 6. The third-order valence-corrected chi connectivity index (χ3v) is 6.71. The van der Waals surface area contributed by atoms with Gasteiger partial charge < -0.3 is 30.7 Å². The van der Waals surface area contributed by atoms with Crippen LogP contribution in [0.1, 0.15) is 36.1 Å². The number of benzene rings is 4. The summed E-state index contributed by atoms with van der Waals surface area (Å²) in [6.07, 6.45) is 2.48. The summed E-state index contributed by atoms with van der Waals surface area (Å²) in [5, 5.41) is 10.6. The Bertz CT molecular complexity index is 1500. The van der Waals surface area contributed by atoms with Gasteiger partial charge in [0.05, 0.1) is 0 Å². The van der Waals surface area contributed by atoms with E-state index >= 15 is 0 Å². The summed E-state index contributed by atoms with van der Waals surface area (Å²) >= 11 is 0. The van der Waals surface area contributed by atoms with Gasteiger partial charge in [0.2, 0.25) is 11.8 Å². The molecule has 2 atom stereocenters. The average molecular weight is 621 g/mol. The predicted octanol–water partition coefficient (Wildman–Crippen LogP) is 6.36. The standard InChI is InChI=1S/C36H36N4O6/c1-25(37-35(43)45-23-29-9-5-3-6-10-29)33(41)39-31-19-15-27(16-20-31)13-14-28-17-21-32(22-18-28)40-34(42)26(2)38-36(44)46-24-30-11-7-4-8-12-30/h3-22,25-26H,23-24H2,1-2H3,(H,37,43)(H,38,44)(H,39,41)(H,40,42)/b14-13+/t25-,26-/m0/s1. The molecule has 46 heavy (non-hydrogen) atoms. The van der Waals surface area contributed by atoms with E-state index in [1.54, 1.807) is 38.1 Å². The molecule has 0 bridgehead atoms. The number of nitrogens with one attached hydrogen (secondary N) is 4. The lowest BCUT2D eigenvalue weighted by Crippen LogP contribution is -2.41. The molecule has 0 saturated heterocycles. The van der Waals surface area contributed by atoms with Crippen molar-refractivity contribution < 1.29 is 28.7 Å². The van der Waals surface area contributed by atoms with E-state index < -0.39 is 24.3 Å². The minimum atomic E-state index is -0.795. The van der Waals surface area contributed by atoms with Crippen molar-refractivity contribution in [2.24, 2.45) is 0 Å². The summed E-state index contributed by atoms with van der Waals surface area (Å²) in [5.41, 5.74) is 4.69. The monoisotopic (exact) mass is 620 g/mol. The second-order valence-corrected chi connectivity index (χ2v) is 10.4. The summed E-state index contributed by atoms with van der Waals surface area (Å²) in [6, 6.07) is 31.4. The van der Waals surface area contributed by atoms with Crippen molar-refractivity contribution in [3.05, 3.63) is 131 Å². The van der Waals surface area contributed by atoms with Gasteiger partial charge in [-0.1, -0.05) is 97.1 Å². The Morgan fingerprint density at radius 2 is 0.891 bits per heavy atom. The first-order valence-electron chi connectivity index (χ1n) is 14.7. The third-order valence-electron chi connectivity index (χ3n) is 6.71. The van der Waals surface area contributed by atoms with E-state index in [-0.39, 0.29) is 25.0 Å². The van der Waals surface area contributed by atoms with Crippen LogP contribution in [0.3, 0.4) is 0 Å². The Kier molecular flexibility index (Phi) is 12.1. The number of anilines is 2. The second-order valence-electron chi connectivity index (χ2n) is 10.4. The van der Waals surface area contributed by atoms with E-state index in [0.29, 0.717) is 11.4 Å². The van der Waals surface area contributed by atoms with Gasteiger partial charge in [-0.2, -0.15) is 0 Å². The molecule has 0 aromatic heterocycles. The molecular weight excluding hydrogens is 584 g/mol. The summed E-state index contributed by atoms with van der Waals surface area (Å²) in [7, 11) is 0. The van der Waals surface area contributed by atoms with Crippen LogP contribution < -0.4 is 21.3 Å². The predicted molar refractivity (Wildman–Crippen MR) is 178 cm³/mol. The van der Waals surface area contributed by atoms with Crippen molar-refractivity contribution in [2.45, 2.75) is 39.1 Å². The average Bonchev–Trinajstić information content (AvgIpc) is 3.07. The molecule has 0 spiro atoms. The van der Waals surface area contributed by atoms with Crippen molar-refractivity contribution in [1.82, 2.24) is 10.6 Å². The third kappa shape index (κ3) is 11.0. The van der Waals surface area contributed by atoms with Gasteiger partial charge >= 0.3 is 12.2 Å². The summed E-state index contributed by atoms with van der Waals surface area (Å²) in [6.45, 7) is 3.38. The van der Waals surface area contributed by atoms with Crippen LogP contribution in [0.15, 0.2) is 109 Å². The summed E-state index contributed by atoms with van der Waals surface area (Å²) < 4.78 is 10.3. The molecule has 0 heterocycles. The van der Waals surface area contributed by atoms with Crippen molar-refractivity contribution in [3.8, 4) is 0 Å². The van der Waals surface area contributed by atoms with E-state index in [0.717, 1.165) is 22.3 Å². The molecule has 0 unspecified atom stereocenters. The maximum Gasteiger partial charge on any atom is 0.408 e. The van der Waals surface area contributed by atoms with Crippen molar-refractivity contribution >= 4 is 47.5 Å². The zero-order valence-electron chi connectivity index (χ0n) is 25.6. The summed E-state index contributed by atoms with van der Waals surface area (Å²) in [4.78, 5) is 49.1. The number of carbonyl (C=O) groups is 4. The zero-order valence-corrected chi connectivity index (χ0v) is 25.6. The number of hydrogen-bond donors (Lipinski definition) is 4. The highest BCUT2D eigenvalue weighted by molar-refractivity contribution is 5.97. The number of carbonyl (C=O) groups excluding carboxylic acids is 4. The Balaban J connectivity index is 1.18. The topological polar surface area (TPSA) is 135 Å². The molecule has 0 aliphatic carbocycles. The van der Waals surface area contributed by atoms with E-state index in [9.17, 15) is 19.2 Å². The van der Waals surface area contributed by atoms with Crippen molar-refractivity contribution in [1.29, 1.82) is 0 Å². The number of amides is 4. The molecule has 0 fully saturated rings. The Labute approximate surface area is 267 Å². The van der Waals surface area contributed by atoms with Crippen LogP contribution in [0.25, 0.3) is 12.2 Å². The van der Waals surface area contributed by atoms with Gasteiger partial charge in [0, 0.05) is 11.4 Å². The lowest BCUT2D eigenvalue weighted by atomic mass is 10.1. The molecule has 4 amide bonds. The molecular formula is C36H36N4O6. The van der Waals surface area contributed by atoms with Crippen LogP contribution in [-0.4, -0.2) is 36.1 Å². The molecule has 0 aliphatic heterocycles. The fraction of sp³-hybridized carbons (Fsp3) is 0.167. The molecule has 4 N–H and O–H groups in total. The molecule has 0 radical (unpaired) electrons. The van der Waals surface area contributed by atoms with Gasteiger partial charge in [-0.15, -0.1) is 0 Å². The quantitative estimate of drug-likeness (QED) is 0.136. The lowest BCUT2D eigenvalue weighted by Gasteiger charge is -2.14. The van der Waals surface area contributed by atoms with E-state index in [2.05, 4.69) is 21.3 Å². The number of rotatable bonds is 12. The lowest BCUT2D eigenvalue weighted by molar-refractivity contribution is -0.118. The molecule has 0 aliphatic rings. The molecule has 4 rings (SSSR count). The SMILES string of the molecule is C[C@H](NC(=O)OCc1ccccc1)C(=O)Nc1ccc(/C=C/c2ccc(NC(=O)[C@H](C)NC(=O)OCc3ccccc3)cc2)cc1. The van der Waals surface area contributed by atoms with Crippen LogP contribution >= 0.6 is 0 Å².